The summed E-state index contributed by atoms with van der Waals surface area (Å²) in [7, 11) is -5.27. The molecule has 7 atom stereocenters. The smallest absolute Gasteiger partial charge is 0.412 e. The predicted molar refractivity (Wildman–Crippen MR) is 176 cm³/mol. The minimum absolute atomic E-state index is 0.0255. The molecular formula is C32H59NO9Si2. The number of benzene rings is 1. The second-order valence-electron chi connectivity index (χ2n) is 15.6. The van der Waals surface area contributed by atoms with Gasteiger partial charge in [0, 0.05) is 0 Å². The maximum absolute atomic E-state index is 13.4. The Labute approximate surface area is 266 Å². The van der Waals surface area contributed by atoms with Crippen molar-refractivity contribution in [3.63, 3.8) is 0 Å². The van der Waals surface area contributed by atoms with E-state index in [1.807, 2.05) is 77.3 Å². The lowest BCUT2D eigenvalue weighted by atomic mass is 9.93. The Morgan fingerprint density at radius 1 is 0.909 bits per heavy atom. The number of hydrogen-bond donors (Lipinski definition) is 4. The largest absolute Gasteiger partial charge is 0.444 e. The van der Waals surface area contributed by atoms with Gasteiger partial charge >= 0.3 is 6.09 Å². The maximum atomic E-state index is 13.4. The molecule has 44 heavy (non-hydrogen) atoms. The SMILES string of the molecule is C[C@@H](O)[C@H](O)[C@H](O[Si](C)(C)C(C)(C)C)[C@@H](O[Si](C)(C)C(C)(C)C)[C@@H](O)[C@H](O)[C@@H]1COC(C)(C)N1C(=O)OCc1ccccc1. The van der Waals surface area contributed by atoms with Gasteiger partial charge in [0.1, 0.15) is 42.9 Å². The molecule has 2 rings (SSSR count). The van der Waals surface area contributed by atoms with Crippen LogP contribution in [0.15, 0.2) is 30.3 Å². The van der Waals surface area contributed by atoms with Crippen molar-refractivity contribution in [3.8, 4) is 0 Å². The zero-order valence-electron chi connectivity index (χ0n) is 29.1. The number of aliphatic hydroxyl groups excluding tert-OH is 4. The van der Waals surface area contributed by atoms with Crippen LogP contribution in [0, 0.1) is 0 Å². The van der Waals surface area contributed by atoms with Crippen molar-refractivity contribution < 1.29 is 43.5 Å². The molecule has 254 valence electrons. The number of hydrogen-bond acceptors (Lipinski definition) is 9. The summed E-state index contributed by atoms with van der Waals surface area (Å²) in [6.45, 7) is 25.1. The third-order valence-electron chi connectivity index (χ3n) is 9.63. The van der Waals surface area contributed by atoms with Gasteiger partial charge in [0.15, 0.2) is 16.6 Å². The summed E-state index contributed by atoms with van der Waals surface area (Å²) < 4.78 is 25.0. The van der Waals surface area contributed by atoms with Crippen LogP contribution >= 0.6 is 0 Å². The van der Waals surface area contributed by atoms with Crippen LogP contribution in [0.4, 0.5) is 4.79 Å². The number of carbonyl (C=O) groups excluding carboxylic acids is 1. The van der Waals surface area contributed by atoms with Crippen molar-refractivity contribution in [2.75, 3.05) is 6.61 Å². The van der Waals surface area contributed by atoms with Crippen molar-refractivity contribution in [2.24, 2.45) is 0 Å². The van der Waals surface area contributed by atoms with E-state index in [0.29, 0.717) is 0 Å². The van der Waals surface area contributed by atoms with Gasteiger partial charge in [0.25, 0.3) is 0 Å². The van der Waals surface area contributed by atoms with Crippen molar-refractivity contribution >= 4 is 22.7 Å². The topological polar surface area (TPSA) is 138 Å². The fraction of sp³-hybridized carbons (Fsp3) is 0.781. The van der Waals surface area contributed by atoms with Crippen LogP contribution in [0.2, 0.25) is 36.3 Å². The number of carbonyl (C=O) groups is 1. The number of amides is 1. The molecule has 1 aromatic rings. The highest BCUT2D eigenvalue weighted by Gasteiger charge is 2.54. The summed E-state index contributed by atoms with van der Waals surface area (Å²) in [4.78, 5) is 14.8. The molecule has 0 unspecified atom stereocenters. The van der Waals surface area contributed by atoms with E-state index in [1.165, 1.54) is 11.8 Å². The van der Waals surface area contributed by atoms with Gasteiger partial charge in [-0.25, -0.2) is 4.79 Å². The Morgan fingerprint density at radius 3 is 1.80 bits per heavy atom. The molecular weight excluding hydrogens is 599 g/mol. The third kappa shape index (κ3) is 9.13. The zero-order valence-corrected chi connectivity index (χ0v) is 31.1. The van der Waals surface area contributed by atoms with Crippen LogP contribution < -0.4 is 0 Å². The molecule has 1 heterocycles. The first kappa shape index (κ1) is 38.8. The monoisotopic (exact) mass is 657 g/mol. The Kier molecular flexibility index (Phi) is 12.5. The molecule has 1 aromatic carbocycles. The fourth-order valence-corrected chi connectivity index (χ4v) is 7.24. The fourth-order valence-electron chi connectivity index (χ4n) is 4.62. The summed E-state index contributed by atoms with van der Waals surface area (Å²) in [5.74, 6) is 0. The highest BCUT2D eigenvalue weighted by atomic mass is 28.4. The van der Waals surface area contributed by atoms with Gasteiger partial charge in [-0.2, -0.15) is 0 Å². The van der Waals surface area contributed by atoms with Gasteiger partial charge in [0.05, 0.1) is 18.8 Å². The van der Waals surface area contributed by atoms with E-state index >= 15 is 0 Å². The van der Waals surface area contributed by atoms with E-state index in [-0.39, 0.29) is 23.3 Å². The summed E-state index contributed by atoms with van der Waals surface area (Å²) in [6, 6.07) is 8.26. The molecule has 12 heteroatoms. The van der Waals surface area contributed by atoms with E-state index in [0.717, 1.165) is 5.56 Å². The maximum Gasteiger partial charge on any atom is 0.412 e. The number of rotatable bonds is 12. The van der Waals surface area contributed by atoms with Crippen molar-refractivity contribution in [2.45, 2.75) is 154 Å². The first-order valence-corrected chi connectivity index (χ1v) is 21.4. The van der Waals surface area contributed by atoms with Gasteiger partial charge < -0.3 is 38.8 Å². The van der Waals surface area contributed by atoms with Crippen LogP contribution in [0.3, 0.4) is 0 Å². The van der Waals surface area contributed by atoms with Crippen LogP contribution in [0.25, 0.3) is 0 Å². The molecule has 0 radical (unpaired) electrons. The van der Waals surface area contributed by atoms with Crippen molar-refractivity contribution in [3.05, 3.63) is 35.9 Å². The standard InChI is InChI=1S/C32H59NO9Si2/c1-21(34)24(35)27(41-43(10,11)30(2,3)4)28(42-44(12,13)31(5,6)7)26(37)25(36)23-20-40-32(8,9)33(23)29(38)39-19-22-17-15-14-16-18-22/h14-18,21,23-28,34-37H,19-20H2,1-13H3/t21-,23+,24+,25-,26+,27+,28+/m1/s1. The zero-order chi connectivity index (χ0) is 34.1. The third-order valence-corrected chi connectivity index (χ3v) is 18.6. The highest BCUT2D eigenvalue weighted by molar-refractivity contribution is 6.74. The van der Waals surface area contributed by atoms with Crippen molar-refractivity contribution in [1.82, 2.24) is 4.90 Å². The lowest BCUT2D eigenvalue weighted by Gasteiger charge is -2.48. The molecule has 1 aliphatic heterocycles. The second kappa shape index (κ2) is 14.2. The van der Waals surface area contributed by atoms with E-state index in [1.54, 1.807) is 13.8 Å². The Balaban J connectivity index is 2.54. The van der Waals surface area contributed by atoms with Gasteiger partial charge in [-0.3, -0.25) is 4.90 Å². The molecule has 0 spiro atoms. The normalized spacial score (nSPS) is 22.2. The Bertz CT molecular complexity index is 1070. The molecule has 1 aliphatic rings. The summed E-state index contributed by atoms with van der Waals surface area (Å²) in [5, 5.41) is 45.2. The number of aliphatic hydroxyl groups is 4. The first-order chi connectivity index (χ1) is 19.8. The molecule has 1 saturated heterocycles. The van der Waals surface area contributed by atoms with Crippen molar-refractivity contribution in [1.29, 1.82) is 0 Å². The summed E-state index contributed by atoms with van der Waals surface area (Å²) in [5.41, 5.74) is -0.332. The lowest BCUT2D eigenvalue weighted by molar-refractivity contribution is -0.149. The molecule has 1 amide bonds. The van der Waals surface area contributed by atoms with Gasteiger partial charge in [-0.15, -0.1) is 0 Å². The van der Waals surface area contributed by atoms with Crippen LogP contribution in [-0.4, -0.2) is 103 Å². The highest BCUT2D eigenvalue weighted by Crippen LogP contribution is 2.42. The molecule has 0 aliphatic carbocycles. The average Bonchev–Trinajstić information content (AvgIpc) is 3.21. The van der Waals surface area contributed by atoms with E-state index in [2.05, 4.69) is 20.8 Å². The lowest BCUT2D eigenvalue weighted by Crippen LogP contribution is -2.64. The van der Waals surface area contributed by atoms with Gasteiger partial charge in [-0.05, 0) is 62.6 Å². The predicted octanol–water partition coefficient (Wildman–Crippen LogP) is 5.00. The number of ether oxygens (including phenoxy) is 2. The van der Waals surface area contributed by atoms with Gasteiger partial charge in [-0.1, -0.05) is 71.9 Å². The molecule has 0 saturated carbocycles. The van der Waals surface area contributed by atoms with E-state index < -0.39 is 71.1 Å². The minimum atomic E-state index is -2.66. The summed E-state index contributed by atoms with van der Waals surface area (Å²) >= 11 is 0. The minimum Gasteiger partial charge on any atom is -0.444 e. The molecule has 4 N–H and O–H groups in total. The molecule has 10 nitrogen and oxygen atoms in total. The van der Waals surface area contributed by atoms with E-state index in [4.69, 9.17) is 18.3 Å². The second-order valence-corrected chi connectivity index (χ2v) is 25.1. The molecule has 0 bridgehead atoms. The summed E-state index contributed by atoms with van der Waals surface area (Å²) in [6.07, 6.45) is -8.95. The Morgan fingerprint density at radius 2 is 1.36 bits per heavy atom. The van der Waals surface area contributed by atoms with E-state index in [9.17, 15) is 25.2 Å². The first-order valence-electron chi connectivity index (χ1n) is 15.6. The van der Waals surface area contributed by atoms with Crippen LogP contribution in [0.1, 0.15) is 67.9 Å². The quantitative estimate of drug-likeness (QED) is 0.229. The Hall–Kier alpha value is -1.36. The average molecular weight is 658 g/mol. The van der Waals surface area contributed by atoms with Crippen LogP contribution in [0.5, 0.6) is 0 Å². The molecule has 0 aromatic heterocycles. The number of nitrogens with zero attached hydrogens (tertiary/aromatic N) is 1. The van der Waals surface area contributed by atoms with Crippen LogP contribution in [-0.2, 0) is 24.9 Å². The van der Waals surface area contributed by atoms with Gasteiger partial charge in [0.2, 0.25) is 0 Å². The molecule has 1 fully saturated rings.